The summed E-state index contributed by atoms with van der Waals surface area (Å²) in [5, 5.41) is 2.70. The molecule has 0 spiro atoms. The Kier molecular flexibility index (Phi) is 5.83. The van der Waals surface area contributed by atoms with Crippen LogP contribution in [0.25, 0.3) is 0 Å². The summed E-state index contributed by atoms with van der Waals surface area (Å²) in [7, 11) is -2.63. The molecule has 8 nitrogen and oxygen atoms in total. The van der Waals surface area contributed by atoms with Gasteiger partial charge in [0.05, 0.1) is 29.8 Å². The fraction of sp³-hybridized carbons (Fsp3) is 0.130. The third-order valence-corrected chi connectivity index (χ3v) is 6.73. The number of rotatable bonds is 5. The van der Waals surface area contributed by atoms with E-state index < -0.39 is 28.0 Å². The molecular formula is C23H20N2O6S. The van der Waals surface area contributed by atoms with E-state index in [-0.39, 0.29) is 11.4 Å². The third kappa shape index (κ3) is 4.15. The van der Waals surface area contributed by atoms with E-state index in [0.29, 0.717) is 22.7 Å². The summed E-state index contributed by atoms with van der Waals surface area (Å²) < 4.78 is 38.3. The van der Waals surface area contributed by atoms with Crippen LogP contribution in [0.3, 0.4) is 0 Å². The Balaban J connectivity index is 1.59. The second kappa shape index (κ2) is 8.72. The summed E-state index contributed by atoms with van der Waals surface area (Å²) in [5.74, 6) is -0.713. The van der Waals surface area contributed by atoms with Gasteiger partial charge < -0.3 is 14.8 Å². The molecule has 3 aromatic rings. The predicted molar refractivity (Wildman–Crippen MR) is 118 cm³/mol. The minimum absolute atomic E-state index is 0.120. The Bertz CT molecular complexity index is 1240. The molecule has 0 bridgehead atoms. The quantitative estimate of drug-likeness (QED) is 0.597. The van der Waals surface area contributed by atoms with Crippen molar-refractivity contribution in [3.05, 3.63) is 84.4 Å². The number of amides is 1. The minimum atomic E-state index is -3.91. The lowest BCUT2D eigenvalue weighted by molar-refractivity contribution is -0.122. The van der Waals surface area contributed by atoms with Gasteiger partial charge in [0.1, 0.15) is 5.75 Å². The zero-order chi connectivity index (χ0) is 22.7. The van der Waals surface area contributed by atoms with Gasteiger partial charge in [0.15, 0.2) is 6.10 Å². The van der Waals surface area contributed by atoms with E-state index in [1.54, 1.807) is 54.6 Å². The molecule has 0 saturated carbocycles. The van der Waals surface area contributed by atoms with Crippen molar-refractivity contribution >= 4 is 33.3 Å². The summed E-state index contributed by atoms with van der Waals surface area (Å²) in [6.07, 6.45) is -1.08. The van der Waals surface area contributed by atoms with E-state index in [2.05, 4.69) is 10.1 Å². The Hall–Kier alpha value is -3.85. The van der Waals surface area contributed by atoms with Crippen LogP contribution in [0, 0.1) is 0 Å². The maximum Gasteiger partial charge on any atom is 0.337 e. The number of para-hydroxylation sites is 2. The number of carbonyl (C=O) groups is 2. The Labute approximate surface area is 185 Å². The van der Waals surface area contributed by atoms with Crippen LogP contribution < -0.4 is 14.4 Å². The predicted octanol–water partition coefficient (Wildman–Crippen LogP) is 3.07. The molecule has 164 valence electrons. The summed E-state index contributed by atoms with van der Waals surface area (Å²) in [6.45, 7) is -0.194. The van der Waals surface area contributed by atoms with Gasteiger partial charge in [-0.25, -0.2) is 13.2 Å². The first-order valence-electron chi connectivity index (χ1n) is 9.73. The highest BCUT2D eigenvalue weighted by atomic mass is 32.2. The van der Waals surface area contributed by atoms with Gasteiger partial charge in [0.25, 0.3) is 15.9 Å². The maximum atomic E-state index is 13.3. The van der Waals surface area contributed by atoms with Gasteiger partial charge in [-0.2, -0.15) is 0 Å². The Morgan fingerprint density at radius 2 is 1.62 bits per heavy atom. The van der Waals surface area contributed by atoms with E-state index in [9.17, 15) is 18.0 Å². The number of hydrogen-bond donors (Lipinski definition) is 1. The highest BCUT2D eigenvalue weighted by molar-refractivity contribution is 7.92. The van der Waals surface area contributed by atoms with Crippen LogP contribution in [0.4, 0.5) is 11.4 Å². The van der Waals surface area contributed by atoms with Gasteiger partial charge in [-0.15, -0.1) is 0 Å². The summed E-state index contributed by atoms with van der Waals surface area (Å²) in [5.41, 5.74) is 1.14. The molecule has 0 aromatic heterocycles. The maximum absolute atomic E-state index is 13.3. The molecule has 0 aliphatic carbocycles. The number of methoxy groups -OCH3 is 1. The first-order valence-corrected chi connectivity index (χ1v) is 11.2. The van der Waals surface area contributed by atoms with Gasteiger partial charge in [-0.3, -0.25) is 9.10 Å². The van der Waals surface area contributed by atoms with Crippen molar-refractivity contribution < 1.29 is 27.5 Å². The topological polar surface area (TPSA) is 102 Å². The Morgan fingerprint density at radius 3 is 2.31 bits per heavy atom. The van der Waals surface area contributed by atoms with E-state index in [1.165, 1.54) is 35.7 Å². The molecule has 9 heteroatoms. The zero-order valence-corrected chi connectivity index (χ0v) is 17.9. The number of ether oxygens (including phenoxy) is 2. The van der Waals surface area contributed by atoms with Gasteiger partial charge in [-0.05, 0) is 48.5 Å². The molecule has 0 fully saturated rings. The van der Waals surface area contributed by atoms with Crippen molar-refractivity contribution in [2.75, 3.05) is 23.3 Å². The monoisotopic (exact) mass is 452 g/mol. The minimum Gasteiger partial charge on any atom is -0.476 e. The van der Waals surface area contributed by atoms with Crippen molar-refractivity contribution in [1.29, 1.82) is 0 Å². The lowest BCUT2D eigenvalue weighted by atomic mass is 10.2. The number of hydrogen-bond acceptors (Lipinski definition) is 6. The molecule has 1 aliphatic heterocycles. The van der Waals surface area contributed by atoms with Crippen LogP contribution in [0.15, 0.2) is 83.8 Å². The van der Waals surface area contributed by atoms with Crippen molar-refractivity contribution in [3.8, 4) is 5.75 Å². The van der Waals surface area contributed by atoms with Crippen LogP contribution in [-0.4, -0.2) is 40.1 Å². The van der Waals surface area contributed by atoms with Crippen LogP contribution in [0.1, 0.15) is 10.4 Å². The molecule has 1 heterocycles. The van der Waals surface area contributed by atoms with Crippen LogP contribution in [0.5, 0.6) is 5.75 Å². The number of esters is 1. The van der Waals surface area contributed by atoms with Crippen molar-refractivity contribution in [2.24, 2.45) is 0 Å². The highest BCUT2D eigenvalue weighted by Crippen LogP contribution is 2.36. The third-order valence-electron chi connectivity index (χ3n) is 4.93. The number of sulfonamides is 1. The molecule has 1 N–H and O–H groups in total. The standard InChI is InChI=1S/C23H20N2O6S/c1-30-23(27)16-11-13-17(14-12-16)24-22(26)21-15-25(19-9-5-6-10-20(19)31-21)32(28,29)18-7-3-2-4-8-18/h2-14,21H,15H2,1H3,(H,24,26)/t21-/m0/s1. The molecule has 0 saturated heterocycles. The number of fused-ring (bicyclic) bond motifs is 1. The average Bonchev–Trinajstić information content (AvgIpc) is 2.83. The van der Waals surface area contributed by atoms with Crippen molar-refractivity contribution in [1.82, 2.24) is 0 Å². The first kappa shape index (κ1) is 21.4. The van der Waals surface area contributed by atoms with Crippen molar-refractivity contribution in [2.45, 2.75) is 11.0 Å². The summed E-state index contributed by atoms with van der Waals surface area (Å²) in [6, 6.07) is 20.8. The molecule has 0 radical (unpaired) electrons. The van der Waals surface area contributed by atoms with Crippen LogP contribution >= 0.6 is 0 Å². The normalized spacial score (nSPS) is 15.3. The average molecular weight is 452 g/mol. The Morgan fingerprint density at radius 1 is 0.969 bits per heavy atom. The lowest BCUT2D eigenvalue weighted by Gasteiger charge is -2.34. The van der Waals surface area contributed by atoms with Gasteiger partial charge in [0.2, 0.25) is 0 Å². The van der Waals surface area contributed by atoms with E-state index in [4.69, 9.17) is 4.74 Å². The molecule has 32 heavy (non-hydrogen) atoms. The zero-order valence-electron chi connectivity index (χ0n) is 17.1. The lowest BCUT2D eigenvalue weighted by Crippen LogP contribution is -2.48. The first-order chi connectivity index (χ1) is 15.4. The largest absolute Gasteiger partial charge is 0.476 e. The summed E-state index contributed by atoms with van der Waals surface area (Å²) >= 11 is 0. The molecule has 4 rings (SSSR count). The molecule has 1 amide bonds. The second-order valence-electron chi connectivity index (χ2n) is 6.98. The smallest absolute Gasteiger partial charge is 0.337 e. The number of nitrogens with one attached hydrogen (secondary N) is 1. The van der Waals surface area contributed by atoms with E-state index >= 15 is 0 Å². The highest BCUT2D eigenvalue weighted by Gasteiger charge is 2.37. The van der Waals surface area contributed by atoms with Crippen molar-refractivity contribution in [3.63, 3.8) is 0 Å². The SMILES string of the molecule is COC(=O)c1ccc(NC(=O)[C@@H]2CN(S(=O)(=O)c3ccccc3)c3ccccc3O2)cc1. The molecule has 3 aromatic carbocycles. The molecular weight excluding hydrogens is 432 g/mol. The fourth-order valence-electron chi connectivity index (χ4n) is 3.32. The molecule has 1 atom stereocenters. The van der Waals surface area contributed by atoms with Gasteiger partial charge in [-0.1, -0.05) is 30.3 Å². The number of carbonyl (C=O) groups excluding carboxylic acids is 2. The second-order valence-corrected chi connectivity index (χ2v) is 8.84. The molecule has 1 aliphatic rings. The van der Waals surface area contributed by atoms with Crippen LogP contribution in [0.2, 0.25) is 0 Å². The molecule has 0 unspecified atom stereocenters. The number of benzene rings is 3. The van der Waals surface area contributed by atoms with E-state index in [1.807, 2.05) is 0 Å². The number of anilines is 2. The van der Waals surface area contributed by atoms with E-state index in [0.717, 1.165) is 0 Å². The van der Waals surface area contributed by atoms with Crippen LogP contribution in [-0.2, 0) is 19.6 Å². The fourth-order valence-corrected chi connectivity index (χ4v) is 4.81. The summed E-state index contributed by atoms with van der Waals surface area (Å²) in [4.78, 5) is 24.6. The van der Waals surface area contributed by atoms with Gasteiger partial charge in [0, 0.05) is 5.69 Å². The number of nitrogens with zero attached hydrogens (tertiary/aromatic N) is 1. The van der Waals surface area contributed by atoms with Gasteiger partial charge >= 0.3 is 5.97 Å².